The van der Waals surface area contributed by atoms with E-state index >= 15 is 0 Å². The Morgan fingerprint density at radius 1 is 1.50 bits per heavy atom. The average Bonchev–Trinajstić information content (AvgIpc) is 2.29. The Labute approximate surface area is 106 Å². The van der Waals surface area contributed by atoms with Crippen LogP contribution in [0.3, 0.4) is 0 Å². The van der Waals surface area contributed by atoms with Crippen LogP contribution in [0, 0.1) is 17.0 Å². The highest BCUT2D eigenvalue weighted by atomic mass is 16.9. The van der Waals surface area contributed by atoms with Crippen molar-refractivity contribution in [1.29, 1.82) is 0 Å². The maximum absolute atomic E-state index is 8.91. The van der Waals surface area contributed by atoms with Crippen molar-refractivity contribution in [3.05, 3.63) is 33.9 Å². The van der Waals surface area contributed by atoms with E-state index in [2.05, 4.69) is 17.9 Å². The van der Waals surface area contributed by atoms with Crippen molar-refractivity contribution < 1.29 is 15.4 Å². The molecule has 0 aliphatic carbocycles. The summed E-state index contributed by atoms with van der Waals surface area (Å²) >= 11 is 0. The van der Waals surface area contributed by atoms with Gasteiger partial charge in [-0.05, 0) is 31.5 Å². The van der Waals surface area contributed by atoms with Gasteiger partial charge in [0.1, 0.15) is 0 Å². The Morgan fingerprint density at radius 2 is 2.06 bits per heavy atom. The predicted octanol–water partition coefficient (Wildman–Crippen LogP) is 1.05. The molecule has 0 atom stereocenters. The van der Waals surface area contributed by atoms with Crippen LogP contribution in [0.15, 0.2) is 18.2 Å². The summed E-state index contributed by atoms with van der Waals surface area (Å²) in [6.07, 6.45) is 0. The van der Waals surface area contributed by atoms with Gasteiger partial charge in [-0.1, -0.05) is 6.07 Å². The first-order chi connectivity index (χ1) is 8.42. The standard InChI is InChI=1S/C11H18N2O.HNO3/c1-3-13(6-7-14)11-8-9(2)4-5-10(11)12;2-1(3)4/h4-5,8,14H,3,6-7,12H2,1-2H3;(H,2,3,4). The molecule has 0 saturated carbocycles. The third-order valence-corrected chi connectivity index (χ3v) is 2.28. The van der Waals surface area contributed by atoms with Crippen molar-refractivity contribution in [1.82, 2.24) is 0 Å². The first-order valence-corrected chi connectivity index (χ1v) is 5.47. The van der Waals surface area contributed by atoms with E-state index in [1.54, 1.807) is 0 Å². The largest absolute Gasteiger partial charge is 0.397 e. The average molecular weight is 257 g/mol. The van der Waals surface area contributed by atoms with Crippen LogP contribution in [0.5, 0.6) is 0 Å². The lowest BCUT2D eigenvalue weighted by atomic mass is 10.1. The molecule has 0 aliphatic rings. The summed E-state index contributed by atoms with van der Waals surface area (Å²) in [5, 5.41) is 22.5. The first-order valence-electron chi connectivity index (χ1n) is 5.47. The normalized spacial score (nSPS) is 9.28. The number of nitrogen functional groups attached to an aromatic ring is 1. The fraction of sp³-hybridized carbons (Fsp3) is 0.455. The Morgan fingerprint density at radius 3 is 2.50 bits per heavy atom. The van der Waals surface area contributed by atoms with Crippen LogP contribution in [0.2, 0.25) is 0 Å². The minimum Gasteiger partial charge on any atom is -0.397 e. The fourth-order valence-electron chi connectivity index (χ4n) is 1.50. The second-order valence-electron chi connectivity index (χ2n) is 3.60. The molecule has 0 amide bonds. The lowest BCUT2D eigenvalue weighted by molar-refractivity contribution is -0.742. The topological polar surface area (TPSA) is 113 Å². The van der Waals surface area contributed by atoms with Gasteiger partial charge in [0.2, 0.25) is 0 Å². The summed E-state index contributed by atoms with van der Waals surface area (Å²) < 4.78 is 0. The zero-order valence-corrected chi connectivity index (χ0v) is 10.5. The summed E-state index contributed by atoms with van der Waals surface area (Å²) in [5.41, 5.74) is 8.84. The van der Waals surface area contributed by atoms with Gasteiger partial charge < -0.3 is 20.9 Å². The molecule has 0 unspecified atom stereocenters. The summed E-state index contributed by atoms with van der Waals surface area (Å²) in [6.45, 7) is 5.73. The van der Waals surface area contributed by atoms with Crippen LogP contribution < -0.4 is 10.6 Å². The van der Waals surface area contributed by atoms with Crippen molar-refractivity contribution in [3.8, 4) is 0 Å². The monoisotopic (exact) mass is 257 g/mol. The van der Waals surface area contributed by atoms with Crippen molar-refractivity contribution >= 4 is 11.4 Å². The molecule has 102 valence electrons. The van der Waals surface area contributed by atoms with E-state index in [4.69, 9.17) is 26.2 Å². The number of hydrogen-bond acceptors (Lipinski definition) is 5. The summed E-state index contributed by atoms with van der Waals surface area (Å²) in [4.78, 5) is 10.4. The fourth-order valence-corrected chi connectivity index (χ4v) is 1.50. The Balaban J connectivity index is 0.000000631. The molecule has 0 heterocycles. The van der Waals surface area contributed by atoms with Crippen molar-refractivity contribution in [3.63, 3.8) is 0 Å². The molecule has 0 radical (unpaired) electrons. The molecule has 0 saturated heterocycles. The number of hydrogen-bond donors (Lipinski definition) is 3. The van der Waals surface area contributed by atoms with Gasteiger partial charge in [-0.25, -0.2) is 0 Å². The lowest BCUT2D eigenvalue weighted by Crippen LogP contribution is -2.27. The van der Waals surface area contributed by atoms with E-state index < -0.39 is 5.09 Å². The van der Waals surface area contributed by atoms with E-state index in [1.165, 1.54) is 5.56 Å². The van der Waals surface area contributed by atoms with Gasteiger partial charge in [-0.3, -0.25) is 0 Å². The van der Waals surface area contributed by atoms with E-state index in [9.17, 15) is 0 Å². The van der Waals surface area contributed by atoms with Crippen LogP contribution in [-0.4, -0.2) is 35.1 Å². The summed E-state index contributed by atoms with van der Waals surface area (Å²) in [6, 6.07) is 5.95. The molecule has 0 bridgehead atoms. The number of nitrogens with two attached hydrogens (primary N) is 1. The third kappa shape index (κ3) is 5.90. The highest BCUT2D eigenvalue weighted by molar-refractivity contribution is 5.68. The Kier molecular flexibility index (Phi) is 7.22. The highest BCUT2D eigenvalue weighted by Crippen LogP contribution is 2.23. The number of aliphatic hydroxyl groups excluding tert-OH is 1. The molecule has 4 N–H and O–H groups in total. The van der Waals surface area contributed by atoms with Crippen molar-refractivity contribution in [2.75, 3.05) is 30.3 Å². The number of aliphatic hydroxyl groups is 1. The maximum Gasteiger partial charge on any atom is 0.291 e. The lowest BCUT2D eigenvalue weighted by Gasteiger charge is -2.23. The van der Waals surface area contributed by atoms with E-state index in [-0.39, 0.29) is 6.61 Å². The van der Waals surface area contributed by atoms with Gasteiger partial charge in [0, 0.05) is 13.1 Å². The van der Waals surface area contributed by atoms with Gasteiger partial charge in [0.25, 0.3) is 5.09 Å². The maximum atomic E-state index is 8.91. The predicted molar refractivity (Wildman–Crippen MR) is 69.3 cm³/mol. The van der Waals surface area contributed by atoms with Crippen LogP contribution in [-0.2, 0) is 0 Å². The molecule has 0 spiro atoms. The molecule has 7 heteroatoms. The Hall–Kier alpha value is -2.02. The first kappa shape index (κ1) is 16.0. The second-order valence-corrected chi connectivity index (χ2v) is 3.60. The number of anilines is 2. The smallest absolute Gasteiger partial charge is 0.291 e. The molecule has 1 aromatic carbocycles. The number of rotatable bonds is 4. The number of benzene rings is 1. The molecular formula is C11H19N3O4. The highest BCUT2D eigenvalue weighted by Gasteiger charge is 2.06. The molecular weight excluding hydrogens is 238 g/mol. The summed E-state index contributed by atoms with van der Waals surface area (Å²) in [5.74, 6) is 0. The zero-order chi connectivity index (χ0) is 14.1. The van der Waals surface area contributed by atoms with Crippen LogP contribution >= 0.6 is 0 Å². The number of nitrogens with zero attached hydrogens (tertiary/aromatic N) is 2. The van der Waals surface area contributed by atoms with Gasteiger partial charge in [-0.2, -0.15) is 0 Å². The minimum atomic E-state index is -1.50. The Bertz CT molecular complexity index is 381. The minimum absolute atomic E-state index is 0.154. The molecule has 1 aromatic rings. The zero-order valence-electron chi connectivity index (χ0n) is 10.5. The SMILES string of the molecule is CCN(CCO)c1cc(C)ccc1N.O=[N+]([O-])O. The quantitative estimate of drug-likeness (QED) is 0.422. The third-order valence-electron chi connectivity index (χ3n) is 2.28. The molecule has 0 aromatic heterocycles. The van der Waals surface area contributed by atoms with Crippen LogP contribution in [0.1, 0.15) is 12.5 Å². The van der Waals surface area contributed by atoms with Crippen LogP contribution in [0.4, 0.5) is 11.4 Å². The van der Waals surface area contributed by atoms with E-state index in [0.717, 1.165) is 17.9 Å². The van der Waals surface area contributed by atoms with E-state index in [1.807, 2.05) is 19.1 Å². The van der Waals surface area contributed by atoms with Gasteiger partial charge in [-0.15, -0.1) is 10.1 Å². The number of aryl methyl sites for hydroxylation is 1. The molecule has 0 fully saturated rings. The molecule has 18 heavy (non-hydrogen) atoms. The molecule has 1 rings (SSSR count). The van der Waals surface area contributed by atoms with Gasteiger partial charge >= 0.3 is 0 Å². The van der Waals surface area contributed by atoms with Crippen LogP contribution in [0.25, 0.3) is 0 Å². The van der Waals surface area contributed by atoms with Gasteiger partial charge in [0.15, 0.2) is 0 Å². The molecule has 0 aliphatic heterocycles. The van der Waals surface area contributed by atoms with Crippen molar-refractivity contribution in [2.45, 2.75) is 13.8 Å². The number of likely N-dealkylation sites (N-methyl/N-ethyl adjacent to an activating group) is 1. The summed E-state index contributed by atoms with van der Waals surface area (Å²) in [7, 11) is 0. The molecule has 7 nitrogen and oxygen atoms in total. The van der Waals surface area contributed by atoms with Gasteiger partial charge in [0.05, 0.1) is 18.0 Å². The van der Waals surface area contributed by atoms with Crippen molar-refractivity contribution in [2.24, 2.45) is 0 Å². The second kappa shape index (κ2) is 8.13. The van der Waals surface area contributed by atoms with E-state index in [0.29, 0.717) is 6.54 Å².